The van der Waals surface area contributed by atoms with Crippen LogP contribution >= 0.6 is 0 Å². The van der Waals surface area contributed by atoms with Gasteiger partial charge in [-0.15, -0.1) is 6.58 Å². The number of amides is 1. The van der Waals surface area contributed by atoms with E-state index < -0.39 is 0 Å². The van der Waals surface area contributed by atoms with Crippen LogP contribution in [0.5, 0.6) is 0 Å². The lowest BCUT2D eigenvalue weighted by Gasteiger charge is -2.29. The number of allylic oxidation sites excluding steroid dienone is 1. The number of unbranched alkanes of at least 4 members (excludes halogenated alkanes) is 4. The minimum Gasteiger partial charge on any atom is -0.350 e. The van der Waals surface area contributed by atoms with E-state index in [9.17, 15) is 4.79 Å². The molecule has 0 aromatic carbocycles. The number of rotatable bonds is 9. The molecular formula is C18H31NO. The predicted molar refractivity (Wildman–Crippen MR) is 86.6 cm³/mol. The van der Waals surface area contributed by atoms with Crippen LogP contribution in [0.1, 0.15) is 71.1 Å². The molecule has 0 saturated heterocycles. The van der Waals surface area contributed by atoms with E-state index in [1.165, 1.54) is 44.9 Å². The first-order valence-corrected chi connectivity index (χ1v) is 8.20. The van der Waals surface area contributed by atoms with Gasteiger partial charge in [0.1, 0.15) is 0 Å². The minimum absolute atomic E-state index is 0.0238. The maximum Gasteiger partial charge on any atom is 0.246 e. The fourth-order valence-corrected chi connectivity index (χ4v) is 2.98. The zero-order valence-electron chi connectivity index (χ0n) is 13.1. The molecule has 1 aliphatic carbocycles. The number of hydrogen-bond donors (Lipinski definition) is 1. The molecule has 0 aromatic rings. The summed E-state index contributed by atoms with van der Waals surface area (Å²) in [4.78, 5) is 11.6. The molecule has 20 heavy (non-hydrogen) atoms. The van der Waals surface area contributed by atoms with E-state index in [0.29, 0.717) is 11.6 Å². The fraction of sp³-hybridized carbons (Fsp3) is 0.722. The standard InChI is InChI=1S/C18H31NO/c1-4-5-6-7-8-9-10-16-11-13-17(14-12-16)19-18(20)15(2)3/h4,16-17H,1-2,5-14H2,3H3,(H,19,20). The van der Waals surface area contributed by atoms with Crippen LogP contribution in [-0.4, -0.2) is 11.9 Å². The zero-order chi connectivity index (χ0) is 14.8. The van der Waals surface area contributed by atoms with E-state index in [4.69, 9.17) is 0 Å². The Morgan fingerprint density at radius 3 is 2.40 bits per heavy atom. The van der Waals surface area contributed by atoms with Gasteiger partial charge in [0.25, 0.3) is 0 Å². The van der Waals surface area contributed by atoms with Crippen LogP contribution in [0.2, 0.25) is 0 Å². The number of carbonyl (C=O) groups excluding carboxylic acids is 1. The van der Waals surface area contributed by atoms with Crippen LogP contribution in [0.4, 0.5) is 0 Å². The third-order valence-electron chi connectivity index (χ3n) is 4.34. The maximum atomic E-state index is 11.6. The summed E-state index contributed by atoms with van der Waals surface area (Å²) in [5.41, 5.74) is 0.617. The van der Waals surface area contributed by atoms with Gasteiger partial charge in [-0.2, -0.15) is 0 Å². The molecule has 1 saturated carbocycles. The van der Waals surface area contributed by atoms with E-state index in [2.05, 4.69) is 18.5 Å². The summed E-state index contributed by atoms with van der Waals surface area (Å²) in [6.45, 7) is 9.21. The second-order valence-electron chi connectivity index (χ2n) is 6.25. The first-order chi connectivity index (χ1) is 9.63. The molecule has 1 N–H and O–H groups in total. The van der Waals surface area contributed by atoms with Gasteiger partial charge in [0.2, 0.25) is 5.91 Å². The summed E-state index contributed by atoms with van der Waals surface area (Å²) < 4.78 is 0. The van der Waals surface area contributed by atoms with Gasteiger partial charge in [-0.25, -0.2) is 0 Å². The molecule has 2 nitrogen and oxygen atoms in total. The topological polar surface area (TPSA) is 29.1 Å². The van der Waals surface area contributed by atoms with Gasteiger partial charge >= 0.3 is 0 Å². The molecule has 0 radical (unpaired) electrons. The first kappa shape index (κ1) is 17.0. The summed E-state index contributed by atoms with van der Waals surface area (Å²) in [5.74, 6) is 0.906. The second kappa shape index (κ2) is 9.79. The smallest absolute Gasteiger partial charge is 0.246 e. The Morgan fingerprint density at radius 2 is 1.80 bits per heavy atom. The fourth-order valence-electron chi connectivity index (χ4n) is 2.98. The van der Waals surface area contributed by atoms with Crippen LogP contribution in [0.3, 0.4) is 0 Å². The van der Waals surface area contributed by atoms with Crippen LogP contribution in [-0.2, 0) is 4.79 Å². The van der Waals surface area contributed by atoms with Crippen molar-refractivity contribution in [1.29, 1.82) is 0 Å². The van der Waals surface area contributed by atoms with E-state index in [1.807, 2.05) is 6.08 Å². The summed E-state index contributed by atoms with van der Waals surface area (Å²) in [5, 5.41) is 3.08. The van der Waals surface area contributed by atoms with Gasteiger partial charge in [0, 0.05) is 11.6 Å². The molecule has 0 atom stereocenters. The van der Waals surface area contributed by atoms with E-state index in [0.717, 1.165) is 25.2 Å². The van der Waals surface area contributed by atoms with Crippen molar-refractivity contribution in [1.82, 2.24) is 5.32 Å². The molecular weight excluding hydrogens is 246 g/mol. The maximum absolute atomic E-state index is 11.6. The molecule has 1 rings (SSSR count). The van der Waals surface area contributed by atoms with Gasteiger partial charge in [0.05, 0.1) is 0 Å². The average Bonchev–Trinajstić information content (AvgIpc) is 2.44. The second-order valence-corrected chi connectivity index (χ2v) is 6.25. The molecule has 0 spiro atoms. The van der Waals surface area contributed by atoms with E-state index >= 15 is 0 Å². The van der Waals surface area contributed by atoms with Crippen LogP contribution in [0, 0.1) is 5.92 Å². The third kappa shape index (κ3) is 6.93. The van der Waals surface area contributed by atoms with Crippen molar-refractivity contribution in [3.8, 4) is 0 Å². The molecule has 0 unspecified atom stereocenters. The van der Waals surface area contributed by atoms with E-state index in [1.54, 1.807) is 6.92 Å². The van der Waals surface area contributed by atoms with Gasteiger partial charge in [-0.3, -0.25) is 4.79 Å². The Kier molecular flexibility index (Phi) is 8.32. The van der Waals surface area contributed by atoms with Crippen molar-refractivity contribution in [2.45, 2.75) is 77.2 Å². The first-order valence-electron chi connectivity index (χ1n) is 8.20. The van der Waals surface area contributed by atoms with Gasteiger partial charge in [0.15, 0.2) is 0 Å². The van der Waals surface area contributed by atoms with Gasteiger partial charge in [-0.1, -0.05) is 38.3 Å². The summed E-state index contributed by atoms with van der Waals surface area (Å²) in [7, 11) is 0. The minimum atomic E-state index is 0.0238. The Hall–Kier alpha value is -1.05. The van der Waals surface area contributed by atoms with Crippen molar-refractivity contribution in [2.75, 3.05) is 0 Å². The average molecular weight is 277 g/mol. The summed E-state index contributed by atoms with van der Waals surface area (Å²) in [6, 6.07) is 0.378. The van der Waals surface area contributed by atoms with Crippen molar-refractivity contribution < 1.29 is 4.79 Å². The van der Waals surface area contributed by atoms with Crippen LogP contribution in [0.15, 0.2) is 24.8 Å². The van der Waals surface area contributed by atoms with Crippen molar-refractivity contribution in [3.05, 3.63) is 24.8 Å². The lowest BCUT2D eigenvalue weighted by molar-refractivity contribution is -0.118. The van der Waals surface area contributed by atoms with Gasteiger partial charge in [-0.05, 0) is 51.4 Å². The summed E-state index contributed by atoms with van der Waals surface area (Å²) >= 11 is 0. The quantitative estimate of drug-likeness (QED) is 0.367. The van der Waals surface area contributed by atoms with Crippen molar-refractivity contribution >= 4 is 5.91 Å². The number of carbonyl (C=O) groups is 1. The van der Waals surface area contributed by atoms with E-state index in [-0.39, 0.29) is 5.91 Å². The highest BCUT2D eigenvalue weighted by atomic mass is 16.1. The third-order valence-corrected chi connectivity index (χ3v) is 4.34. The zero-order valence-corrected chi connectivity index (χ0v) is 13.1. The highest BCUT2D eigenvalue weighted by Crippen LogP contribution is 2.28. The molecule has 2 heteroatoms. The Morgan fingerprint density at radius 1 is 1.15 bits per heavy atom. The Bertz CT molecular complexity index is 313. The molecule has 0 aliphatic heterocycles. The monoisotopic (exact) mass is 277 g/mol. The normalized spacial score (nSPS) is 22.2. The lowest BCUT2D eigenvalue weighted by atomic mass is 9.83. The van der Waals surface area contributed by atoms with Gasteiger partial charge < -0.3 is 5.32 Å². The molecule has 1 aliphatic rings. The molecule has 0 bridgehead atoms. The molecule has 1 amide bonds. The Balaban J connectivity index is 2.05. The Labute approximate surface area is 124 Å². The number of hydrogen-bond acceptors (Lipinski definition) is 1. The predicted octanol–water partition coefficient (Wildman–Crippen LogP) is 4.76. The molecule has 0 heterocycles. The highest BCUT2D eigenvalue weighted by Gasteiger charge is 2.22. The van der Waals surface area contributed by atoms with Crippen LogP contribution < -0.4 is 5.32 Å². The van der Waals surface area contributed by atoms with Crippen LogP contribution in [0.25, 0.3) is 0 Å². The lowest BCUT2D eigenvalue weighted by Crippen LogP contribution is -2.37. The van der Waals surface area contributed by atoms with Crippen molar-refractivity contribution in [2.24, 2.45) is 5.92 Å². The largest absolute Gasteiger partial charge is 0.350 e. The van der Waals surface area contributed by atoms with Crippen molar-refractivity contribution in [3.63, 3.8) is 0 Å². The molecule has 114 valence electrons. The summed E-state index contributed by atoms with van der Waals surface area (Å²) in [6.07, 6.45) is 14.7. The number of nitrogens with one attached hydrogen (secondary N) is 1. The SMILES string of the molecule is C=CCCCCCCC1CCC(NC(=O)C(=C)C)CC1. The molecule has 1 fully saturated rings. The highest BCUT2D eigenvalue weighted by molar-refractivity contribution is 5.92. The molecule has 0 aromatic heterocycles.